The zero-order valence-electron chi connectivity index (χ0n) is 21.6. The first kappa shape index (κ1) is 39.7. The minimum Gasteiger partial charge on any atom is -0.744 e. The Bertz CT molecular complexity index is 1980. The summed E-state index contributed by atoms with van der Waals surface area (Å²) in [5.41, 5.74) is 0.377. The summed E-state index contributed by atoms with van der Waals surface area (Å²) in [6.07, 6.45) is 0. The van der Waals surface area contributed by atoms with Gasteiger partial charge in [0.05, 0.1) is 26.1 Å². The summed E-state index contributed by atoms with van der Waals surface area (Å²) in [6.45, 7) is 0. The quantitative estimate of drug-likeness (QED) is 0.0627. The molecule has 1 aromatic heterocycles. The van der Waals surface area contributed by atoms with Gasteiger partial charge in [-0.15, -0.1) is 0 Å². The summed E-state index contributed by atoms with van der Waals surface area (Å²) in [7, 11) is -16.2. The molecule has 0 amide bonds. The van der Waals surface area contributed by atoms with E-state index in [0.29, 0.717) is 23.6 Å². The number of anilines is 2. The summed E-state index contributed by atoms with van der Waals surface area (Å²) in [5, 5.41) is 9.22. The van der Waals surface area contributed by atoms with E-state index in [-0.39, 0.29) is 117 Å². The summed E-state index contributed by atoms with van der Waals surface area (Å²) in [6, 6.07) is 9.84. The third-order valence-corrected chi connectivity index (χ3v) is 7.80. The smallest absolute Gasteiger partial charge is 0.744 e. The number of hydrogen-bond donors (Lipinski definition) is 1. The fourth-order valence-electron chi connectivity index (χ4n) is 3.30. The van der Waals surface area contributed by atoms with Crippen molar-refractivity contribution >= 4 is 87.2 Å². The summed E-state index contributed by atoms with van der Waals surface area (Å²) in [5.74, 6) is 0.300. The molecule has 0 unspecified atom stereocenters. The number of hydrogen-bond acceptors (Lipinski definition) is 14. The van der Waals surface area contributed by atoms with E-state index in [0.717, 1.165) is 6.07 Å². The van der Waals surface area contributed by atoms with Crippen molar-refractivity contribution in [3.8, 4) is 0 Å². The van der Waals surface area contributed by atoms with Crippen LogP contribution in [0.25, 0.3) is 10.8 Å². The molecule has 0 aliphatic heterocycles. The Hall–Kier alpha value is -0.290. The summed E-state index contributed by atoms with van der Waals surface area (Å²) >= 11 is 11.6. The van der Waals surface area contributed by atoms with Gasteiger partial charge in [-0.25, -0.2) is 35.2 Å². The second kappa shape index (κ2) is 15.3. The van der Waals surface area contributed by atoms with Crippen molar-refractivity contribution in [2.75, 3.05) is 5.32 Å². The van der Waals surface area contributed by atoms with E-state index in [4.69, 9.17) is 23.2 Å². The van der Waals surface area contributed by atoms with Gasteiger partial charge in [0, 0.05) is 22.5 Å². The molecule has 4 rings (SSSR count). The molecule has 0 spiro atoms. The number of rotatable bonds is 7. The van der Waals surface area contributed by atoms with Gasteiger partial charge in [0.2, 0.25) is 5.28 Å². The third kappa shape index (κ3) is 10.1. The van der Waals surface area contributed by atoms with Crippen LogP contribution >= 0.6 is 23.2 Å². The fourth-order valence-corrected chi connectivity index (χ4v) is 5.72. The monoisotopic (exact) mass is 699 g/mol. The maximum atomic E-state index is 11.9. The minimum absolute atomic E-state index is 0. The first-order valence-corrected chi connectivity index (χ1v) is 15.0. The second-order valence-corrected chi connectivity index (χ2v) is 12.3. The van der Waals surface area contributed by atoms with Gasteiger partial charge in [-0.2, -0.15) is 10.2 Å². The number of fused-ring (bicyclic) bond motifs is 1. The standard InChI is InChI=1S/C20H13Cl2N5O9S3.3Na/c21-18-9-19(25-20(22)24-18)23-10-1-3-11(4-2-10)26-27-12-5-14-15(16(6-12)38(31,32)33)7-13(37(28,29)30)8-17(14)39(34,35)36;;;/h1-9H,(H,23,24,25)(H,28,29,30)(H,31,32,33)(H,34,35,36);;;/q;3*+1/p-3. The van der Waals surface area contributed by atoms with Crippen molar-refractivity contribution in [1.82, 2.24) is 9.97 Å². The number of azo groups is 1. The van der Waals surface area contributed by atoms with Gasteiger partial charge in [0.25, 0.3) is 0 Å². The Kier molecular flexibility index (Phi) is 14.5. The molecule has 0 radical (unpaired) electrons. The number of nitrogens with zero attached hydrogens (tertiary/aromatic N) is 4. The van der Waals surface area contributed by atoms with Crippen molar-refractivity contribution in [1.29, 1.82) is 0 Å². The Balaban J connectivity index is 0.00000294. The van der Waals surface area contributed by atoms with Crippen LogP contribution < -0.4 is 94.0 Å². The molecule has 0 aliphatic carbocycles. The van der Waals surface area contributed by atoms with Gasteiger partial charge in [-0.1, -0.05) is 11.6 Å². The van der Waals surface area contributed by atoms with Crippen LogP contribution in [0.1, 0.15) is 0 Å². The van der Waals surface area contributed by atoms with E-state index in [1.54, 1.807) is 12.1 Å². The Labute approximate surface area is 315 Å². The number of benzene rings is 3. The third-order valence-electron chi connectivity index (χ3n) is 4.87. The molecule has 1 heterocycles. The van der Waals surface area contributed by atoms with Crippen LogP contribution in [0.5, 0.6) is 0 Å². The van der Waals surface area contributed by atoms with Crippen LogP contribution in [0, 0.1) is 0 Å². The zero-order chi connectivity index (χ0) is 28.8. The molecule has 14 nitrogen and oxygen atoms in total. The predicted octanol–water partition coefficient (Wildman–Crippen LogP) is -5.18. The molecule has 3 aromatic carbocycles. The average molecular weight is 700 g/mol. The van der Waals surface area contributed by atoms with Crippen molar-refractivity contribution in [3.05, 3.63) is 65.0 Å². The average Bonchev–Trinajstić information content (AvgIpc) is 2.80. The number of nitrogens with one attached hydrogen (secondary N) is 1. The molecule has 0 bridgehead atoms. The molecule has 1 N–H and O–H groups in total. The molecule has 204 valence electrons. The van der Waals surface area contributed by atoms with Gasteiger partial charge in [-0.3, -0.25) is 0 Å². The van der Waals surface area contributed by atoms with Crippen LogP contribution in [0.15, 0.2) is 79.5 Å². The van der Waals surface area contributed by atoms with Crippen LogP contribution in [-0.2, 0) is 30.4 Å². The Morgan fingerprint density at radius 2 is 1.17 bits per heavy atom. The molecular weight excluding hydrogens is 690 g/mol. The van der Waals surface area contributed by atoms with Gasteiger partial charge < -0.3 is 19.0 Å². The SMILES string of the molecule is O=S(=O)([O-])c1cc(S(=O)(=O)[O-])c2cc(N=Nc3ccc(Nc4cc(Cl)nc(Cl)n4)cc3)cc(S(=O)(=O)[O-])c2c1.[Na+].[Na+].[Na+]. The molecular formula is C20H10Cl2N5Na3O9S3. The molecule has 0 saturated heterocycles. The zero-order valence-corrected chi connectivity index (χ0v) is 31.6. The number of aromatic nitrogens is 2. The van der Waals surface area contributed by atoms with E-state index in [2.05, 4.69) is 25.5 Å². The Morgan fingerprint density at radius 1 is 0.643 bits per heavy atom. The maximum Gasteiger partial charge on any atom is 1.00 e. The fraction of sp³-hybridized carbons (Fsp3) is 0. The Morgan fingerprint density at radius 3 is 1.69 bits per heavy atom. The minimum atomic E-state index is -5.45. The van der Waals surface area contributed by atoms with E-state index in [1.165, 1.54) is 18.2 Å². The van der Waals surface area contributed by atoms with E-state index >= 15 is 0 Å². The van der Waals surface area contributed by atoms with E-state index in [9.17, 15) is 38.9 Å². The van der Waals surface area contributed by atoms with E-state index in [1.807, 2.05) is 0 Å². The van der Waals surface area contributed by atoms with Crippen molar-refractivity contribution < 1.29 is 128 Å². The molecule has 4 aromatic rings. The van der Waals surface area contributed by atoms with Gasteiger partial charge in [-0.05, 0) is 60.1 Å². The van der Waals surface area contributed by atoms with Gasteiger partial charge >= 0.3 is 88.7 Å². The van der Waals surface area contributed by atoms with E-state index < -0.39 is 55.8 Å². The van der Waals surface area contributed by atoms with Crippen molar-refractivity contribution in [2.24, 2.45) is 10.2 Å². The normalized spacial score (nSPS) is 11.8. The molecule has 0 saturated carbocycles. The van der Waals surface area contributed by atoms with Gasteiger partial charge in [0.1, 0.15) is 41.3 Å². The largest absolute Gasteiger partial charge is 1.00 e. The van der Waals surface area contributed by atoms with Gasteiger partial charge in [0.15, 0.2) is 0 Å². The van der Waals surface area contributed by atoms with Crippen molar-refractivity contribution in [2.45, 2.75) is 14.7 Å². The van der Waals surface area contributed by atoms with Crippen LogP contribution in [-0.4, -0.2) is 48.9 Å². The first-order valence-electron chi connectivity index (χ1n) is 9.99. The molecule has 22 heteroatoms. The molecule has 42 heavy (non-hydrogen) atoms. The maximum absolute atomic E-state index is 11.9. The van der Waals surface area contributed by atoms with Crippen LogP contribution in [0.3, 0.4) is 0 Å². The molecule has 0 fully saturated rings. The first-order chi connectivity index (χ1) is 18.0. The van der Waals surface area contributed by atoms with Crippen molar-refractivity contribution in [3.63, 3.8) is 0 Å². The molecule has 0 atom stereocenters. The topological polar surface area (TPSA) is 234 Å². The van der Waals surface area contributed by atoms with Crippen LogP contribution in [0.4, 0.5) is 22.9 Å². The molecule has 0 aliphatic rings. The predicted molar refractivity (Wildman–Crippen MR) is 134 cm³/mol. The summed E-state index contributed by atoms with van der Waals surface area (Å²) in [4.78, 5) is 4.09. The second-order valence-electron chi connectivity index (χ2n) is 7.54. The van der Waals surface area contributed by atoms with Crippen LogP contribution in [0.2, 0.25) is 10.4 Å². The summed E-state index contributed by atoms with van der Waals surface area (Å²) < 4.78 is 106. The number of halogens is 2.